The maximum absolute atomic E-state index is 9.46. The number of hydrogen-bond acceptors (Lipinski definition) is 4. The summed E-state index contributed by atoms with van der Waals surface area (Å²) in [6.07, 6.45) is 0. The van der Waals surface area contributed by atoms with Gasteiger partial charge in [-0.15, -0.1) is 0 Å². The average molecular weight is 232 g/mol. The summed E-state index contributed by atoms with van der Waals surface area (Å²) in [5.74, 6) is 0.289. The molecule has 0 aliphatic carbocycles. The quantitative estimate of drug-likeness (QED) is 0.850. The maximum Gasteiger partial charge on any atom is 0.222 e. The van der Waals surface area contributed by atoms with E-state index in [1.54, 1.807) is 6.07 Å². The molecule has 0 aliphatic rings. The number of aliphatic hydroxyl groups is 1. The second-order valence-electron chi connectivity index (χ2n) is 4.70. The van der Waals surface area contributed by atoms with E-state index in [2.05, 4.69) is 5.16 Å². The van der Waals surface area contributed by atoms with Crippen LogP contribution in [0.5, 0.6) is 0 Å². The smallest absolute Gasteiger partial charge is 0.222 e. The molecule has 90 valence electrons. The fraction of sp³-hybridized carbons (Fsp3) is 0.308. The summed E-state index contributed by atoms with van der Waals surface area (Å²) < 4.78 is 4.89. The second kappa shape index (κ2) is 4.22. The standard InChI is InChI=1S/C13H16N2O2/c1-13(2,8-16)10-6-4-3-5-9(10)11-7-12(14)17-15-11/h3-7,16H,8,14H2,1-2H3. The highest BCUT2D eigenvalue weighted by atomic mass is 16.5. The highest BCUT2D eigenvalue weighted by molar-refractivity contribution is 5.66. The zero-order valence-corrected chi connectivity index (χ0v) is 9.97. The topological polar surface area (TPSA) is 72.3 Å². The number of aromatic nitrogens is 1. The number of rotatable bonds is 3. The molecule has 1 aromatic carbocycles. The first-order valence-electron chi connectivity index (χ1n) is 5.47. The van der Waals surface area contributed by atoms with Crippen molar-refractivity contribution < 1.29 is 9.63 Å². The normalized spacial score (nSPS) is 11.7. The fourth-order valence-electron chi connectivity index (χ4n) is 1.80. The Kier molecular flexibility index (Phi) is 2.90. The highest BCUT2D eigenvalue weighted by Gasteiger charge is 2.23. The van der Waals surface area contributed by atoms with Crippen LogP contribution in [-0.4, -0.2) is 16.9 Å². The van der Waals surface area contributed by atoms with Crippen LogP contribution >= 0.6 is 0 Å². The van der Waals surface area contributed by atoms with Gasteiger partial charge < -0.3 is 15.4 Å². The zero-order chi connectivity index (χ0) is 12.5. The van der Waals surface area contributed by atoms with Gasteiger partial charge in [0.2, 0.25) is 5.88 Å². The van der Waals surface area contributed by atoms with Gasteiger partial charge in [0.15, 0.2) is 0 Å². The van der Waals surface area contributed by atoms with Gasteiger partial charge in [-0.2, -0.15) is 0 Å². The van der Waals surface area contributed by atoms with Gasteiger partial charge in [-0.1, -0.05) is 43.3 Å². The Hall–Kier alpha value is -1.81. The Bertz CT molecular complexity index is 518. The van der Waals surface area contributed by atoms with Gasteiger partial charge in [0, 0.05) is 17.0 Å². The molecule has 2 rings (SSSR count). The van der Waals surface area contributed by atoms with Crippen molar-refractivity contribution in [1.29, 1.82) is 0 Å². The Labute approximate surface area is 100 Å². The molecule has 3 N–H and O–H groups in total. The lowest BCUT2D eigenvalue weighted by Gasteiger charge is -2.24. The van der Waals surface area contributed by atoms with E-state index in [1.807, 2.05) is 38.1 Å². The van der Waals surface area contributed by atoms with Crippen LogP contribution < -0.4 is 5.73 Å². The monoisotopic (exact) mass is 232 g/mol. The van der Waals surface area contributed by atoms with Crippen LogP contribution in [0.1, 0.15) is 19.4 Å². The molecule has 0 aliphatic heterocycles. The summed E-state index contributed by atoms with van der Waals surface area (Å²) in [4.78, 5) is 0. The predicted molar refractivity (Wildman–Crippen MR) is 66.5 cm³/mol. The molecule has 0 amide bonds. The number of aliphatic hydroxyl groups excluding tert-OH is 1. The number of nitrogen functional groups attached to an aromatic ring is 1. The van der Waals surface area contributed by atoms with E-state index in [9.17, 15) is 5.11 Å². The lowest BCUT2D eigenvalue weighted by atomic mass is 9.82. The molecular formula is C13H16N2O2. The molecular weight excluding hydrogens is 216 g/mol. The summed E-state index contributed by atoms with van der Waals surface area (Å²) in [6.45, 7) is 4.03. The summed E-state index contributed by atoms with van der Waals surface area (Å²) >= 11 is 0. The van der Waals surface area contributed by atoms with E-state index in [1.165, 1.54) is 0 Å². The molecule has 4 nitrogen and oxygen atoms in total. The molecule has 2 aromatic rings. The van der Waals surface area contributed by atoms with E-state index < -0.39 is 0 Å². The van der Waals surface area contributed by atoms with E-state index in [0.29, 0.717) is 5.69 Å². The SMILES string of the molecule is CC(C)(CO)c1ccccc1-c1cc(N)on1. The van der Waals surface area contributed by atoms with E-state index in [4.69, 9.17) is 10.3 Å². The first-order chi connectivity index (χ1) is 8.04. The van der Waals surface area contributed by atoms with E-state index in [0.717, 1.165) is 11.1 Å². The minimum absolute atomic E-state index is 0.0668. The van der Waals surface area contributed by atoms with Crippen molar-refractivity contribution in [2.24, 2.45) is 0 Å². The van der Waals surface area contributed by atoms with Crippen LogP contribution in [0.4, 0.5) is 5.88 Å². The first kappa shape index (κ1) is 11.7. The zero-order valence-electron chi connectivity index (χ0n) is 9.97. The van der Waals surface area contributed by atoms with E-state index in [-0.39, 0.29) is 17.9 Å². The first-order valence-corrected chi connectivity index (χ1v) is 5.47. The number of benzene rings is 1. The molecule has 1 heterocycles. The third-order valence-electron chi connectivity index (χ3n) is 2.86. The van der Waals surface area contributed by atoms with Crippen molar-refractivity contribution in [3.63, 3.8) is 0 Å². The van der Waals surface area contributed by atoms with Crippen LogP contribution in [0.2, 0.25) is 0 Å². The molecule has 17 heavy (non-hydrogen) atoms. The van der Waals surface area contributed by atoms with Crippen molar-refractivity contribution in [3.8, 4) is 11.3 Å². The Balaban J connectivity index is 2.55. The van der Waals surface area contributed by atoms with Gasteiger partial charge in [-0.25, -0.2) is 0 Å². The molecule has 0 saturated carbocycles. The Morgan fingerprint density at radius 1 is 1.35 bits per heavy atom. The fourth-order valence-corrected chi connectivity index (χ4v) is 1.80. The molecule has 0 saturated heterocycles. The number of nitrogens with zero attached hydrogens (tertiary/aromatic N) is 1. The summed E-state index contributed by atoms with van der Waals surface area (Å²) in [7, 11) is 0. The predicted octanol–water partition coefficient (Wildman–Crippen LogP) is 2.19. The summed E-state index contributed by atoms with van der Waals surface area (Å²) in [6, 6.07) is 9.49. The van der Waals surface area contributed by atoms with Gasteiger partial charge in [0.25, 0.3) is 0 Å². The average Bonchev–Trinajstić information content (AvgIpc) is 2.76. The lowest BCUT2D eigenvalue weighted by molar-refractivity contribution is 0.219. The number of hydrogen-bond donors (Lipinski definition) is 2. The molecule has 0 spiro atoms. The van der Waals surface area contributed by atoms with Crippen molar-refractivity contribution in [2.75, 3.05) is 12.3 Å². The van der Waals surface area contributed by atoms with Crippen molar-refractivity contribution in [2.45, 2.75) is 19.3 Å². The maximum atomic E-state index is 9.46. The minimum Gasteiger partial charge on any atom is -0.395 e. The van der Waals surface area contributed by atoms with Crippen LogP contribution in [0.25, 0.3) is 11.3 Å². The van der Waals surface area contributed by atoms with Crippen LogP contribution in [0.3, 0.4) is 0 Å². The van der Waals surface area contributed by atoms with Crippen LogP contribution in [-0.2, 0) is 5.41 Å². The van der Waals surface area contributed by atoms with E-state index >= 15 is 0 Å². The van der Waals surface area contributed by atoms with Crippen LogP contribution in [0.15, 0.2) is 34.9 Å². The van der Waals surface area contributed by atoms with Gasteiger partial charge >= 0.3 is 0 Å². The third-order valence-corrected chi connectivity index (χ3v) is 2.86. The van der Waals surface area contributed by atoms with Gasteiger partial charge in [0.05, 0.1) is 6.61 Å². The summed E-state index contributed by atoms with van der Waals surface area (Å²) in [5.41, 5.74) is 7.85. The highest BCUT2D eigenvalue weighted by Crippen LogP contribution is 2.32. The van der Waals surface area contributed by atoms with Gasteiger partial charge in [-0.05, 0) is 5.56 Å². The molecule has 0 fully saturated rings. The molecule has 0 bridgehead atoms. The Morgan fingerprint density at radius 2 is 2.06 bits per heavy atom. The molecule has 1 aromatic heterocycles. The largest absolute Gasteiger partial charge is 0.395 e. The molecule has 0 atom stereocenters. The molecule has 4 heteroatoms. The van der Waals surface area contributed by atoms with Crippen molar-refractivity contribution >= 4 is 5.88 Å². The second-order valence-corrected chi connectivity index (χ2v) is 4.70. The van der Waals surface area contributed by atoms with Crippen LogP contribution in [0, 0.1) is 0 Å². The number of nitrogens with two attached hydrogens (primary N) is 1. The van der Waals surface area contributed by atoms with Gasteiger partial charge in [0.1, 0.15) is 5.69 Å². The van der Waals surface area contributed by atoms with Crippen molar-refractivity contribution in [3.05, 3.63) is 35.9 Å². The number of anilines is 1. The lowest BCUT2D eigenvalue weighted by Crippen LogP contribution is -2.22. The molecule has 0 unspecified atom stereocenters. The van der Waals surface area contributed by atoms with Gasteiger partial charge in [-0.3, -0.25) is 0 Å². The Morgan fingerprint density at radius 3 is 2.65 bits per heavy atom. The van der Waals surface area contributed by atoms with Crippen molar-refractivity contribution in [1.82, 2.24) is 5.16 Å². The summed E-state index contributed by atoms with van der Waals surface area (Å²) in [5, 5.41) is 13.4. The minimum atomic E-state index is -0.329. The molecule has 0 radical (unpaired) electrons. The third kappa shape index (κ3) is 2.17.